The lowest BCUT2D eigenvalue weighted by Crippen LogP contribution is -2.47. The van der Waals surface area contributed by atoms with Gasteiger partial charge in [-0.15, -0.1) is 0 Å². The predicted octanol–water partition coefficient (Wildman–Crippen LogP) is 4.31. The highest BCUT2D eigenvalue weighted by Crippen LogP contribution is 2.73. The summed E-state index contributed by atoms with van der Waals surface area (Å²) in [6.07, 6.45) is 3.81. The van der Waals surface area contributed by atoms with E-state index in [0.29, 0.717) is 5.41 Å². The summed E-state index contributed by atoms with van der Waals surface area (Å²) in [5, 5.41) is 0. The summed E-state index contributed by atoms with van der Waals surface area (Å²) in [4.78, 5) is 2.21. The number of ether oxygens (including phenoxy) is 1. The molecular formula is C20H31NO. The van der Waals surface area contributed by atoms with Gasteiger partial charge in [-0.25, -0.2) is 0 Å². The van der Waals surface area contributed by atoms with Crippen LogP contribution in [0.4, 0.5) is 0 Å². The average molecular weight is 301 g/mol. The third-order valence-corrected chi connectivity index (χ3v) is 6.99. The highest BCUT2D eigenvalue weighted by molar-refractivity contribution is 5.32. The highest BCUT2D eigenvalue weighted by atomic mass is 16.5. The Morgan fingerprint density at radius 3 is 2.32 bits per heavy atom. The molecule has 3 rings (SSSR count). The molecular weight excluding hydrogens is 270 g/mol. The molecule has 0 aromatic heterocycles. The molecule has 0 spiro atoms. The maximum Gasteiger partial charge on any atom is 0.0993 e. The minimum atomic E-state index is -0.114. The summed E-state index contributed by atoms with van der Waals surface area (Å²) < 4.78 is 6.72. The average Bonchev–Trinajstić information content (AvgIpc) is 2.80. The van der Waals surface area contributed by atoms with E-state index in [2.05, 4.69) is 70.1 Å². The molecule has 122 valence electrons. The van der Waals surface area contributed by atoms with E-state index in [4.69, 9.17) is 4.74 Å². The zero-order chi connectivity index (χ0) is 16.0. The maximum atomic E-state index is 6.72. The summed E-state index contributed by atoms with van der Waals surface area (Å²) in [7, 11) is 4.23. The molecule has 2 saturated carbocycles. The molecule has 0 N–H and O–H groups in total. The number of nitrogens with zero attached hydrogens (tertiary/aromatic N) is 1. The molecule has 1 aromatic rings. The minimum absolute atomic E-state index is 0.114. The first-order valence-corrected chi connectivity index (χ1v) is 8.68. The molecule has 2 fully saturated rings. The number of rotatable bonds is 5. The van der Waals surface area contributed by atoms with E-state index >= 15 is 0 Å². The lowest BCUT2D eigenvalue weighted by molar-refractivity contribution is -0.148. The summed E-state index contributed by atoms with van der Waals surface area (Å²) in [6.45, 7) is 9.19. The van der Waals surface area contributed by atoms with Gasteiger partial charge in [0.05, 0.1) is 12.2 Å². The summed E-state index contributed by atoms with van der Waals surface area (Å²) in [5.74, 6) is 0.775. The largest absolute Gasteiger partial charge is 0.368 e. The van der Waals surface area contributed by atoms with Gasteiger partial charge >= 0.3 is 0 Å². The molecule has 2 nitrogen and oxygen atoms in total. The lowest BCUT2D eigenvalue weighted by Gasteiger charge is -2.49. The van der Waals surface area contributed by atoms with Crippen LogP contribution in [0, 0.1) is 16.7 Å². The molecule has 1 aromatic carbocycles. The Hall–Kier alpha value is -0.860. The van der Waals surface area contributed by atoms with E-state index in [0.717, 1.165) is 19.1 Å². The zero-order valence-corrected chi connectivity index (χ0v) is 14.9. The van der Waals surface area contributed by atoms with Crippen molar-refractivity contribution >= 4 is 0 Å². The first-order valence-electron chi connectivity index (χ1n) is 8.68. The van der Waals surface area contributed by atoms with Gasteiger partial charge in [-0.1, -0.05) is 51.1 Å². The first-order chi connectivity index (χ1) is 10.3. The van der Waals surface area contributed by atoms with Gasteiger partial charge in [0.25, 0.3) is 0 Å². The van der Waals surface area contributed by atoms with E-state index < -0.39 is 0 Å². The van der Waals surface area contributed by atoms with Crippen LogP contribution in [0.1, 0.15) is 45.6 Å². The Morgan fingerprint density at radius 2 is 1.82 bits per heavy atom. The van der Waals surface area contributed by atoms with Gasteiger partial charge in [0.15, 0.2) is 0 Å². The van der Waals surface area contributed by atoms with Crippen molar-refractivity contribution in [1.82, 2.24) is 4.90 Å². The van der Waals surface area contributed by atoms with E-state index in [9.17, 15) is 0 Å². The maximum absolute atomic E-state index is 6.72. The molecule has 0 heterocycles. The second-order valence-corrected chi connectivity index (χ2v) is 8.34. The molecule has 0 radical (unpaired) electrons. The number of fused-ring (bicyclic) bond motifs is 2. The van der Waals surface area contributed by atoms with Crippen molar-refractivity contribution in [2.75, 3.05) is 27.2 Å². The van der Waals surface area contributed by atoms with E-state index in [1.807, 2.05) is 0 Å². The van der Waals surface area contributed by atoms with Crippen LogP contribution >= 0.6 is 0 Å². The quantitative estimate of drug-likeness (QED) is 0.803. The van der Waals surface area contributed by atoms with Gasteiger partial charge in [0.1, 0.15) is 0 Å². The van der Waals surface area contributed by atoms with Crippen molar-refractivity contribution in [2.24, 2.45) is 16.7 Å². The zero-order valence-electron chi connectivity index (χ0n) is 14.9. The van der Waals surface area contributed by atoms with Gasteiger partial charge in [0, 0.05) is 12.0 Å². The normalized spacial score (nSPS) is 36.2. The van der Waals surface area contributed by atoms with Crippen molar-refractivity contribution in [2.45, 2.75) is 45.6 Å². The molecule has 2 bridgehead atoms. The second-order valence-electron chi connectivity index (χ2n) is 8.34. The summed E-state index contributed by atoms with van der Waals surface area (Å²) in [5.41, 5.74) is 1.84. The van der Waals surface area contributed by atoms with Crippen LogP contribution < -0.4 is 0 Å². The van der Waals surface area contributed by atoms with Crippen LogP contribution in [-0.2, 0) is 10.3 Å². The lowest BCUT2D eigenvalue weighted by atomic mass is 9.62. The Kier molecular flexibility index (Phi) is 3.89. The number of likely N-dealkylation sites (N-methyl/N-ethyl adjacent to an activating group) is 1. The third kappa shape index (κ3) is 2.07. The molecule has 1 unspecified atom stereocenters. The fraction of sp³-hybridized carbons (Fsp3) is 0.700. The SMILES string of the molecule is CN(C)CCOC1(c2ccccc2)C[C@H]2CC[C@]1(C)C2(C)C. The molecule has 0 aliphatic heterocycles. The van der Waals surface area contributed by atoms with Gasteiger partial charge in [0.2, 0.25) is 0 Å². The molecule has 0 saturated heterocycles. The van der Waals surface area contributed by atoms with Crippen molar-refractivity contribution in [3.8, 4) is 0 Å². The van der Waals surface area contributed by atoms with E-state index in [1.54, 1.807) is 0 Å². The monoisotopic (exact) mass is 301 g/mol. The number of benzene rings is 1. The van der Waals surface area contributed by atoms with E-state index in [-0.39, 0.29) is 11.0 Å². The van der Waals surface area contributed by atoms with Crippen molar-refractivity contribution in [3.63, 3.8) is 0 Å². The number of hydrogen-bond acceptors (Lipinski definition) is 2. The van der Waals surface area contributed by atoms with E-state index in [1.165, 1.54) is 24.8 Å². The molecule has 2 aliphatic carbocycles. The molecule has 22 heavy (non-hydrogen) atoms. The topological polar surface area (TPSA) is 12.5 Å². The second kappa shape index (κ2) is 5.35. The Balaban J connectivity index is 1.99. The van der Waals surface area contributed by atoms with Crippen LogP contribution in [0.25, 0.3) is 0 Å². The van der Waals surface area contributed by atoms with Crippen LogP contribution in [0.15, 0.2) is 30.3 Å². The fourth-order valence-electron chi connectivity index (χ4n) is 5.10. The smallest absolute Gasteiger partial charge is 0.0993 e. The fourth-order valence-corrected chi connectivity index (χ4v) is 5.10. The number of hydrogen-bond donors (Lipinski definition) is 0. The molecule has 2 aliphatic rings. The standard InChI is InChI=1S/C20H31NO/c1-18(2)17-11-12-19(18,3)20(15-17,22-14-13-21(4)5)16-9-7-6-8-10-16/h6-10,17H,11-15H2,1-5H3/t17-,19-,20?/m1/s1. The Labute approximate surface area is 135 Å². The van der Waals surface area contributed by atoms with Gasteiger partial charge in [-0.05, 0) is 50.3 Å². The highest BCUT2D eigenvalue weighted by Gasteiger charge is 2.69. The molecule has 2 heteroatoms. The van der Waals surface area contributed by atoms with Crippen molar-refractivity contribution < 1.29 is 4.74 Å². The molecule has 0 amide bonds. The van der Waals surface area contributed by atoms with Crippen molar-refractivity contribution in [1.29, 1.82) is 0 Å². The van der Waals surface area contributed by atoms with Crippen LogP contribution in [0.2, 0.25) is 0 Å². The van der Waals surface area contributed by atoms with Gasteiger partial charge in [-0.3, -0.25) is 0 Å². The summed E-state index contributed by atoms with van der Waals surface area (Å²) >= 11 is 0. The van der Waals surface area contributed by atoms with Crippen LogP contribution in [0.3, 0.4) is 0 Å². The van der Waals surface area contributed by atoms with Gasteiger partial charge < -0.3 is 9.64 Å². The van der Waals surface area contributed by atoms with Crippen molar-refractivity contribution in [3.05, 3.63) is 35.9 Å². The van der Waals surface area contributed by atoms with Gasteiger partial charge in [-0.2, -0.15) is 0 Å². The minimum Gasteiger partial charge on any atom is -0.368 e. The third-order valence-electron chi connectivity index (χ3n) is 6.99. The Bertz CT molecular complexity index is 524. The first kappa shape index (κ1) is 16.0. The predicted molar refractivity (Wildman–Crippen MR) is 91.9 cm³/mol. The van der Waals surface area contributed by atoms with Crippen LogP contribution in [-0.4, -0.2) is 32.1 Å². The summed E-state index contributed by atoms with van der Waals surface area (Å²) in [6, 6.07) is 11.0. The molecule has 3 atom stereocenters. The Morgan fingerprint density at radius 1 is 1.14 bits per heavy atom. The van der Waals surface area contributed by atoms with Crippen LogP contribution in [0.5, 0.6) is 0 Å².